The summed E-state index contributed by atoms with van der Waals surface area (Å²) in [5.41, 5.74) is 13.5. The van der Waals surface area contributed by atoms with Crippen molar-refractivity contribution in [2.75, 3.05) is 6.54 Å². The minimum absolute atomic E-state index is 0.266. The van der Waals surface area contributed by atoms with Crippen molar-refractivity contribution in [2.45, 2.75) is 38.6 Å². The summed E-state index contributed by atoms with van der Waals surface area (Å²) in [6.45, 7) is 2.76. The van der Waals surface area contributed by atoms with Crippen molar-refractivity contribution in [1.29, 1.82) is 0 Å². The van der Waals surface area contributed by atoms with Gasteiger partial charge in [0, 0.05) is 17.9 Å². The van der Waals surface area contributed by atoms with Gasteiger partial charge in [0.15, 0.2) is 0 Å². The SMILES string of the molecule is C[C@H](N)CCc1ccc(CCCN)nc1. The topological polar surface area (TPSA) is 64.9 Å². The lowest BCUT2D eigenvalue weighted by Crippen LogP contribution is -2.15. The van der Waals surface area contributed by atoms with Crippen LogP contribution in [-0.2, 0) is 12.8 Å². The van der Waals surface area contributed by atoms with Crippen LogP contribution in [0.4, 0.5) is 0 Å². The molecule has 1 rings (SSSR count). The van der Waals surface area contributed by atoms with Gasteiger partial charge >= 0.3 is 0 Å². The summed E-state index contributed by atoms with van der Waals surface area (Å²) < 4.78 is 0. The van der Waals surface area contributed by atoms with Gasteiger partial charge in [-0.05, 0) is 50.8 Å². The van der Waals surface area contributed by atoms with E-state index in [0.29, 0.717) is 0 Å². The second kappa shape index (κ2) is 6.53. The molecule has 1 heterocycles. The Balaban J connectivity index is 2.41. The van der Waals surface area contributed by atoms with Crippen LogP contribution in [0.5, 0.6) is 0 Å². The van der Waals surface area contributed by atoms with Crippen LogP contribution in [0.1, 0.15) is 31.0 Å². The molecule has 0 aromatic carbocycles. The van der Waals surface area contributed by atoms with E-state index in [1.54, 1.807) is 0 Å². The van der Waals surface area contributed by atoms with Crippen molar-refractivity contribution < 1.29 is 0 Å². The lowest BCUT2D eigenvalue weighted by Gasteiger charge is -2.05. The predicted molar refractivity (Wildman–Crippen MR) is 63.6 cm³/mol. The molecular weight excluding hydrogens is 186 g/mol. The third kappa shape index (κ3) is 4.91. The number of hydrogen-bond acceptors (Lipinski definition) is 3. The number of pyridine rings is 1. The Kier molecular flexibility index (Phi) is 5.29. The smallest absolute Gasteiger partial charge is 0.0404 e. The van der Waals surface area contributed by atoms with Crippen LogP contribution in [0.3, 0.4) is 0 Å². The first-order valence-corrected chi connectivity index (χ1v) is 5.62. The molecule has 0 saturated carbocycles. The van der Waals surface area contributed by atoms with Gasteiger partial charge in [-0.2, -0.15) is 0 Å². The van der Waals surface area contributed by atoms with Crippen molar-refractivity contribution in [2.24, 2.45) is 11.5 Å². The zero-order valence-electron chi connectivity index (χ0n) is 9.45. The number of rotatable bonds is 6. The van der Waals surface area contributed by atoms with Gasteiger partial charge in [-0.25, -0.2) is 0 Å². The highest BCUT2D eigenvalue weighted by atomic mass is 14.7. The van der Waals surface area contributed by atoms with Crippen LogP contribution >= 0.6 is 0 Å². The van der Waals surface area contributed by atoms with Gasteiger partial charge in [0.1, 0.15) is 0 Å². The van der Waals surface area contributed by atoms with E-state index >= 15 is 0 Å². The molecule has 0 fully saturated rings. The van der Waals surface area contributed by atoms with Crippen molar-refractivity contribution >= 4 is 0 Å². The molecule has 0 spiro atoms. The molecule has 1 aromatic heterocycles. The van der Waals surface area contributed by atoms with Gasteiger partial charge in [-0.15, -0.1) is 0 Å². The molecule has 0 saturated heterocycles. The Morgan fingerprint density at radius 1 is 1.33 bits per heavy atom. The van der Waals surface area contributed by atoms with Crippen LogP contribution in [-0.4, -0.2) is 17.6 Å². The summed E-state index contributed by atoms with van der Waals surface area (Å²) in [6, 6.07) is 4.50. The molecule has 4 N–H and O–H groups in total. The van der Waals surface area contributed by atoms with E-state index < -0.39 is 0 Å². The molecule has 84 valence electrons. The Hall–Kier alpha value is -0.930. The molecular formula is C12H21N3. The predicted octanol–water partition coefficient (Wildman–Crippen LogP) is 1.25. The molecule has 0 amide bonds. The van der Waals surface area contributed by atoms with Gasteiger partial charge in [-0.1, -0.05) is 6.07 Å². The number of nitrogens with zero attached hydrogens (tertiary/aromatic N) is 1. The van der Waals surface area contributed by atoms with Crippen molar-refractivity contribution in [3.63, 3.8) is 0 Å². The Morgan fingerprint density at radius 2 is 2.13 bits per heavy atom. The van der Waals surface area contributed by atoms with Gasteiger partial charge in [0.05, 0.1) is 0 Å². The largest absolute Gasteiger partial charge is 0.330 e. The third-order valence-corrected chi connectivity index (χ3v) is 2.41. The maximum Gasteiger partial charge on any atom is 0.0404 e. The molecule has 0 aliphatic carbocycles. The lowest BCUT2D eigenvalue weighted by molar-refractivity contribution is 0.664. The quantitative estimate of drug-likeness (QED) is 0.738. The fourth-order valence-corrected chi connectivity index (χ4v) is 1.43. The molecule has 0 aliphatic heterocycles. The van der Waals surface area contributed by atoms with E-state index in [1.807, 2.05) is 13.1 Å². The van der Waals surface area contributed by atoms with Crippen LogP contribution in [0.2, 0.25) is 0 Å². The summed E-state index contributed by atoms with van der Waals surface area (Å²) in [7, 11) is 0. The summed E-state index contributed by atoms with van der Waals surface area (Å²) >= 11 is 0. The fraction of sp³-hybridized carbons (Fsp3) is 0.583. The molecule has 15 heavy (non-hydrogen) atoms. The molecule has 1 atom stereocenters. The summed E-state index contributed by atoms with van der Waals surface area (Å²) in [5, 5.41) is 0. The van der Waals surface area contributed by atoms with E-state index in [2.05, 4.69) is 17.1 Å². The molecule has 0 radical (unpaired) electrons. The molecule has 3 heteroatoms. The highest BCUT2D eigenvalue weighted by Gasteiger charge is 1.98. The molecule has 3 nitrogen and oxygen atoms in total. The van der Waals surface area contributed by atoms with Crippen molar-refractivity contribution in [3.8, 4) is 0 Å². The van der Waals surface area contributed by atoms with E-state index in [0.717, 1.165) is 37.9 Å². The summed E-state index contributed by atoms with van der Waals surface area (Å²) in [6.07, 6.45) is 5.97. The van der Waals surface area contributed by atoms with E-state index in [9.17, 15) is 0 Å². The first-order valence-electron chi connectivity index (χ1n) is 5.62. The second-order valence-electron chi connectivity index (χ2n) is 4.07. The molecule has 0 unspecified atom stereocenters. The maximum atomic E-state index is 5.70. The Bertz CT molecular complexity index is 267. The van der Waals surface area contributed by atoms with Gasteiger partial charge in [-0.3, -0.25) is 4.98 Å². The molecule has 0 aliphatic rings. The standard InChI is InChI=1S/C12H21N3/c1-10(14)4-5-11-6-7-12(15-9-11)3-2-8-13/h6-7,9-10H,2-5,8,13-14H2,1H3/t10-/m0/s1. The number of nitrogens with two attached hydrogens (primary N) is 2. The zero-order chi connectivity index (χ0) is 11.1. The average Bonchev–Trinajstić information content (AvgIpc) is 2.25. The van der Waals surface area contributed by atoms with E-state index in [-0.39, 0.29) is 6.04 Å². The van der Waals surface area contributed by atoms with Crippen molar-refractivity contribution in [3.05, 3.63) is 29.6 Å². The number of aryl methyl sites for hydroxylation is 2. The van der Waals surface area contributed by atoms with Crippen LogP contribution in [0, 0.1) is 0 Å². The summed E-state index contributed by atoms with van der Waals surface area (Å²) in [5.74, 6) is 0. The third-order valence-electron chi connectivity index (χ3n) is 2.41. The van der Waals surface area contributed by atoms with Crippen molar-refractivity contribution in [1.82, 2.24) is 4.98 Å². The van der Waals surface area contributed by atoms with Gasteiger partial charge < -0.3 is 11.5 Å². The monoisotopic (exact) mass is 207 g/mol. The van der Waals surface area contributed by atoms with E-state index in [4.69, 9.17) is 11.5 Å². The minimum atomic E-state index is 0.266. The maximum absolute atomic E-state index is 5.70. The highest BCUT2D eigenvalue weighted by Crippen LogP contribution is 2.05. The zero-order valence-corrected chi connectivity index (χ0v) is 9.45. The first kappa shape index (κ1) is 12.1. The Labute approximate surface area is 91.9 Å². The lowest BCUT2D eigenvalue weighted by atomic mass is 10.1. The fourth-order valence-electron chi connectivity index (χ4n) is 1.43. The van der Waals surface area contributed by atoms with Gasteiger partial charge in [0.25, 0.3) is 0 Å². The van der Waals surface area contributed by atoms with Gasteiger partial charge in [0.2, 0.25) is 0 Å². The first-order chi connectivity index (χ1) is 7.22. The molecule has 1 aromatic rings. The second-order valence-corrected chi connectivity index (χ2v) is 4.07. The van der Waals surface area contributed by atoms with Crippen LogP contribution in [0.15, 0.2) is 18.3 Å². The van der Waals surface area contributed by atoms with Crippen LogP contribution in [0.25, 0.3) is 0 Å². The average molecular weight is 207 g/mol. The Morgan fingerprint density at radius 3 is 2.67 bits per heavy atom. The highest BCUT2D eigenvalue weighted by molar-refractivity contribution is 5.14. The van der Waals surface area contributed by atoms with Crippen LogP contribution < -0.4 is 11.5 Å². The normalized spacial score (nSPS) is 12.7. The number of aromatic nitrogens is 1. The summed E-state index contributed by atoms with van der Waals surface area (Å²) in [4.78, 5) is 4.40. The molecule has 0 bridgehead atoms. The minimum Gasteiger partial charge on any atom is -0.330 e. The number of hydrogen-bond donors (Lipinski definition) is 2. The van der Waals surface area contributed by atoms with E-state index in [1.165, 1.54) is 5.56 Å².